The van der Waals surface area contributed by atoms with Crippen molar-refractivity contribution in [3.63, 3.8) is 0 Å². The van der Waals surface area contributed by atoms with Gasteiger partial charge in [-0.15, -0.1) is 0 Å². The van der Waals surface area contributed by atoms with E-state index in [2.05, 4.69) is 16.9 Å². The predicted octanol–water partition coefficient (Wildman–Crippen LogP) is 3.45. The molecule has 1 aromatic carbocycles. The summed E-state index contributed by atoms with van der Waals surface area (Å²) in [6, 6.07) is 5.37. The first kappa shape index (κ1) is 14.6. The van der Waals surface area contributed by atoms with E-state index in [1.54, 1.807) is 11.2 Å². The summed E-state index contributed by atoms with van der Waals surface area (Å²) in [5, 5.41) is 0. The lowest BCUT2D eigenvalue weighted by molar-refractivity contribution is 0.122. The van der Waals surface area contributed by atoms with Gasteiger partial charge in [-0.25, -0.2) is 14.2 Å². The van der Waals surface area contributed by atoms with E-state index in [0.29, 0.717) is 12.3 Å². The van der Waals surface area contributed by atoms with Crippen LogP contribution in [0.15, 0.2) is 30.6 Å². The Morgan fingerprint density at radius 1 is 1.45 bits per heavy atom. The Morgan fingerprint density at radius 2 is 2.23 bits per heavy atom. The van der Waals surface area contributed by atoms with Gasteiger partial charge in [0.15, 0.2) is 0 Å². The monoisotopic (exact) mass is 303 g/mol. The number of ether oxygens (including phenoxy) is 1. The van der Waals surface area contributed by atoms with Crippen LogP contribution < -0.4 is 4.74 Å². The number of aromatic nitrogens is 2. The Kier molecular flexibility index (Phi) is 4.09. The molecule has 0 saturated carbocycles. The number of nitrogens with one attached hydrogen (secondary N) is 1. The number of carbonyl (C=O) groups is 1. The number of benzene rings is 1. The molecule has 0 fully saturated rings. The van der Waals surface area contributed by atoms with Crippen molar-refractivity contribution in [2.24, 2.45) is 0 Å². The number of hydrogen-bond donors (Lipinski definition) is 1. The number of rotatable bonds is 3. The molecule has 1 amide bonds. The maximum absolute atomic E-state index is 12.9. The smallest absolute Gasteiger partial charge is 0.410 e. The number of imidazole rings is 1. The van der Waals surface area contributed by atoms with E-state index in [1.807, 2.05) is 0 Å². The highest BCUT2D eigenvalue weighted by Crippen LogP contribution is 2.31. The molecule has 6 heteroatoms. The van der Waals surface area contributed by atoms with Crippen LogP contribution in [0.25, 0.3) is 0 Å². The number of amides is 1. The molecule has 22 heavy (non-hydrogen) atoms. The molecular weight excluding hydrogens is 285 g/mol. The molecule has 5 nitrogen and oxygen atoms in total. The number of nitrogens with zero attached hydrogens (tertiary/aromatic N) is 2. The van der Waals surface area contributed by atoms with E-state index in [-0.39, 0.29) is 11.9 Å². The van der Waals surface area contributed by atoms with Crippen molar-refractivity contribution >= 4 is 6.09 Å². The Labute approximate surface area is 128 Å². The minimum absolute atomic E-state index is 0.0760. The number of H-pyrrole nitrogens is 1. The Bertz CT molecular complexity index is 654. The molecule has 1 aliphatic rings. The van der Waals surface area contributed by atoms with Crippen LogP contribution in [0.5, 0.6) is 5.75 Å². The minimum atomic E-state index is -0.418. The second-order valence-electron chi connectivity index (χ2n) is 5.34. The molecule has 1 N–H and O–H groups in total. The Balaban J connectivity index is 1.77. The second kappa shape index (κ2) is 6.17. The summed E-state index contributed by atoms with van der Waals surface area (Å²) in [6.45, 7) is 2.66. The lowest BCUT2D eigenvalue weighted by Gasteiger charge is -2.33. The average Bonchev–Trinajstić information content (AvgIpc) is 2.99. The lowest BCUT2D eigenvalue weighted by atomic mass is 9.99. The van der Waals surface area contributed by atoms with Gasteiger partial charge in [-0.2, -0.15) is 0 Å². The average molecular weight is 303 g/mol. The highest BCUT2D eigenvalue weighted by Gasteiger charge is 2.33. The molecule has 0 aliphatic carbocycles. The SMILES string of the molecule is CCCC1c2nc[nH]c2CCN1C(=O)Oc1ccc(F)cc1. The number of halogens is 1. The van der Waals surface area contributed by atoms with Crippen molar-refractivity contribution in [3.05, 3.63) is 47.8 Å². The third-order valence-corrected chi connectivity index (χ3v) is 3.86. The van der Waals surface area contributed by atoms with Gasteiger partial charge in [0.1, 0.15) is 11.6 Å². The third kappa shape index (κ3) is 2.81. The van der Waals surface area contributed by atoms with E-state index >= 15 is 0 Å². The largest absolute Gasteiger partial charge is 0.415 e. The first-order valence-corrected chi connectivity index (χ1v) is 7.45. The number of carbonyl (C=O) groups excluding carboxylic acids is 1. The zero-order chi connectivity index (χ0) is 15.5. The Hall–Kier alpha value is -2.37. The standard InChI is InChI=1S/C16H18FN3O2/c1-2-3-14-15-13(18-10-19-15)8-9-20(14)16(21)22-12-6-4-11(17)5-7-12/h4-7,10,14H,2-3,8-9H2,1H3,(H,18,19). The topological polar surface area (TPSA) is 58.2 Å². The van der Waals surface area contributed by atoms with Gasteiger partial charge in [0.25, 0.3) is 0 Å². The molecule has 0 bridgehead atoms. The van der Waals surface area contributed by atoms with Crippen LogP contribution in [0, 0.1) is 5.82 Å². The fraction of sp³-hybridized carbons (Fsp3) is 0.375. The molecule has 2 aromatic rings. The maximum Gasteiger partial charge on any atom is 0.415 e. The van der Waals surface area contributed by atoms with Gasteiger partial charge in [0.2, 0.25) is 0 Å². The lowest BCUT2D eigenvalue weighted by Crippen LogP contribution is -2.41. The molecule has 0 saturated heterocycles. The highest BCUT2D eigenvalue weighted by atomic mass is 19.1. The van der Waals surface area contributed by atoms with E-state index in [4.69, 9.17) is 4.74 Å². The molecule has 2 heterocycles. The van der Waals surface area contributed by atoms with Gasteiger partial charge >= 0.3 is 6.09 Å². The van der Waals surface area contributed by atoms with Gasteiger partial charge in [0, 0.05) is 18.7 Å². The summed E-state index contributed by atoms with van der Waals surface area (Å²) in [7, 11) is 0. The van der Waals surface area contributed by atoms with Crippen molar-refractivity contribution in [3.8, 4) is 5.75 Å². The zero-order valence-electron chi connectivity index (χ0n) is 12.4. The van der Waals surface area contributed by atoms with E-state index in [0.717, 1.165) is 30.7 Å². The van der Waals surface area contributed by atoms with Crippen LogP contribution in [-0.4, -0.2) is 27.5 Å². The maximum atomic E-state index is 12.9. The van der Waals surface area contributed by atoms with Gasteiger partial charge in [0.05, 0.1) is 18.1 Å². The van der Waals surface area contributed by atoms with Crippen LogP contribution >= 0.6 is 0 Å². The van der Waals surface area contributed by atoms with Crippen molar-refractivity contribution in [1.82, 2.24) is 14.9 Å². The molecular formula is C16H18FN3O2. The number of hydrogen-bond acceptors (Lipinski definition) is 3. The van der Waals surface area contributed by atoms with Crippen molar-refractivity contribution in [2.75, 3.05) is 6.54 Å². The van der Waals surface area contributed by atoms with E-state index < -0.39 is 6.09 Å². The molecule has 0 spiro atoms. The van der Waals surface area contributed by atoms with Crippen molar-refractivity contribution in [1.29, 1.82) is 0 Å². The summed E-state index contributed by atoms with van der Waals surface area (Å²) in [6.07, 6.45) is 3.75. The molecule has 0 radical (unpaired) electrons. The van der Waals surface area contributed by atoms with Crippen LogP contribution in [0.4, 0.5) is 9.18 Å². The van der Waals surface area contributed by atoms with Crippen LogP contribution in [0.3, 0.4) is 0 Å². The van der Waals surface area contributed by atoms with Crippen molar-refractivity contribution in [2.45, 2.75) is 32.2 Å². The fourth-order valence-electron chi connectivity index (χ4n) is 2.80. The van der Waals surface area contributed by atoms with Gasteiger partial charge in [-0.3, -0.25) is 4.90 Å². The van der Waals surface area contributed by atoms with E-state index in [9.17, 15) is 9.18 Å². The van der Waals surface area contributed by atoms with Crippen LogP contribution in [0.1, 0.15) is 37.2 Å². The van der Waals surface area contributed by atoms with Gasteiger partial charge < -0.3 is 9.72 Å². The Morgan fingerprint density at radius 3 is 2.95 bits per heavy atom. The summed E-state index contributed by atoms with van der Waals surface area (Å²) < 4.78 is 18.3. The van der Waals surface area contributed by atoms with Crippen LogP contribution in [-0.2, 0) is 6.42 Å². The summed E-state index contributed by atoms with van der Waals surface area (Å²) in [5.41, 5.74) is 2.01. The normalized spacial score (nSPS) is 17.2. The summed E-state index contributed by atoms with van der Waals surface area (Å²) >= 11 is 0. The molecule has 1 atom stereocenters. The number of fused-ring (bicyclic) bond motifs is 1. The third-order valence-electron chi connectivity index (χ3n) is 3.86. The van der Waals surface area contributed by atoms with E-state index in [1.165, 1.54) is 24.3 Å². The second-order valence-corrected chi connectivity index (χ2v) is 5.34. The quantitative estimate of drug-likeness (QED) is 0.945. The minimum Gasteiger partial charge on any atom is -0.410 e. The molecule has 116 valence electrons. The first-order valence-electron chi connectivity index (χ1n) is 7.45. The fourth-order valence-corrected chi connectivity index (χ4v) is 2.80. The van der Waals surface area contributed by atoms with Crippen LogP contribution in [0.2, 0.25) is 0 Å². The molecule has 3 rings (SSSR count). The van der Waals surface area contributed by atoms with Gasteiger partial charge in [-0.1, -0.05) is 13.3 Å². The summed E-state index contributed by atoms with van der Waals surface area (Å²) in [5.74, 6) is -0.0164. The predicted molar refractivity (Wildman–Crippen MR) is 79.1 cm³/mol. The number of aromatic amines is 1. The molecule has 1 aliphatic heterocycles. The molecule has 1 aromatic heterocycles. The molecule has 1 unspecified atom stereocenters. The zero-order valence-corrected chi connectivity index (χ0v) is 12.4. The summed E-state index contributed by atoms with van der Waals surface area (Å²) in [4.78, 5) is 21.6. The van der Waals surface area contributed by atoms with Gasteiger partial charge in [-0.05, 0) is 30.7 Å². The first-order chi connectivity index (χ1) is 10.7. The highest BCUT2D eigenvalue weighted by molar-refractivity contribution is 5.71. The van der Waals surface area contributed by atoms with Crippen molar-refractivity contribution < 1.29 is 13.9 Å².